The Kier molecular flexibility index (Phi) is 3.60. The summed E-state index contributed by atoms with van der Waals surface area (Å²) in [7, 11) is -4.35. The predicted octanol–water partition coefficient (Wildman–Crippen LogP) is 2.49. The fourth-order valence-corrected chi connectivity index (χ4v) is 2.01. The number of hydrogen-bond donors (Lipinski definition) is 2. The monoisotopic (exact) mass is 252 g/mol. The van der Waals surface area contributed by atoms with E-state index in [2.05, 4.69) is 4.52 Å². The maximum absolute atomic E-state index is 10.5. The van der Waals surface area contributed by atoms with Crippen LogP contribution < -0.4 is 0 Å². The molecule has 0 spiro atoms. The van der Waals surface area contributed by atoms with E-state index in [1.54, 1.807) is 0 Å². The highest BCUT2D eigenvalue weighted by atomic mass is 31.2. The number of benzene rings is 2. The molecular weight excluding hydrogens is 239 g/mol. The molecule has 0 unspecified atom stereocenters. The van der Waals surface area contributed by atoms with Crippen LogP contribution in [-0.4, -0.2) is 16.4 Å². The Hall–Kier alpha value is -1.19. The van der Waals surface area contributed by atoms with Crippen LogP contribution in [0.15, 0.2) is 42.5 Å². The third-order valence-corrected chi connectivity index (χ3v) is 2.98. The fraction of sp³-hybridized carbons (Fsp3) is 0.167. The largest absolute Gasteiger partial charge is 0.469 e. The Morgan fingerprint density at radius 1 is 1.06 bits per heavy atom. The van der Waals surface area contributed by atoms with E-state index in [0.29, 0.717) is 6.42 Å². The third-order valence-electron chi connectivity index (χ3n) is 2.46. The van der Waals surface area contributed by atoms with Crippen molar-refractivity contribution in [2.24, 2.45) is 0 Å². The molecule has 0 fully saturated rings. The second-order valence-corrected chi connectivity index (χ2v) is 4.99. The van der Waals surface area contributed by atoms with Gasteiger partial charge in [0.05, 0.1) is 6.61 Å². The first-order valence-electron chi connectivity index (χ1n) is 5.22. The van der Waals surface area contributed by atoms with Gasteiger partial charge in [-0.3, -0.25) is 4.52 Å². The van der Waals surface area contributed by atoms with Gasteiger partial charge in [-0.25, -0.2) is 4.57 Å². The van der Waals surface area contributed by atoms with Gasteiger partial charge >= 0.3 is 7.82 Å². The van der Waals surface area contributed by atoms with E-state index in [9.17, 15) is 4.57 Å². The number of phosphoric acid groups is 1. The molecule has 0 amide bonds. The average molecular weight is 252 g/mol. The highest BCUT2D eigenvalue weighted by Gasteiger charge is 2.12. The molecule has 0 saturated heterocycles. The zero-order valence-electron chi connectivity index (χ0n) is 9.11. The summed E-state index contributed by atoms with van der Waals surface area (Å²) < 4.78 is 14.9. The quantitative estimate of drug-likeness (QED) is 0.820. The van der Waals surface area contributed by atoms with Crippen LogP contribution in [0.4, 0.5) is 0 Å². The first-order valence-corrected chi connectivity index (χ1v) is 6.75. The van der Waals surface area contributed by atoms with Gasteiger partial charge in [-0.05, 0) is 22.8 Å². The molecule has 0 bridgehead atoms. The van der Waals surface area contributed by atoms with Crippen molar-refractivity contribution < 1.29 is 18.9 Å². The maximum Gasteiger partial charge on any atom is 0.469 e. The molecule has 4 nitrogen and oxygen atoms in total. The van der Waals surface area contributed by atoms with Gasteiger partial charge in [0.1, 0.15) is 0 Å². The summed E-state index contributed by atoms with van der Waals surface area (Å²) in [5.74, 6) is 0. The molecule has 0 aliphatic heterocycles. The second kappa shape index (κ2) is 4.98. The lowest BCUT2D eigenvalue weighted by Crippen LogP contribution is -1.96. The number of fused-ring (bicyclic) bond motifs is 1. The average Bonchev–Trinajstić information content (AvgIpc) is 2.27. The van der Waals surface area contributed by atoms with Gasteiger partial charge in [0.25, 0.3) is 0 Å². The number of phosphoric ester groups is 1. The summed E-state index contributed by atoms with van der Waals surface area (Å²) in [6.07, 6.45) is 0.482. The van der Waals surface area contributed by atoms with Crippen molar-refractivity contribution >= 4 is 18.6 Å². The predicted molar refractivity (Wildman–Crippen MR) is 65.6 cm³/mol. The zero-order chi connectivity index (χ0) is 12.3. The molecule has 2 aromatic rings. The summed E-state index contributed by atoms with van der Waals surface area (Å²) in [4.78, 5) is 17.1. The van der Waals surface area contributed by atoms with Gasteiger partial charge in [-0.15, -0.1) is 0 Å². The van der Waals surface area contributed by atoms with Crippen LogP contribution >= 0.6 is 7.82 Å². The molecule has 0 saturated carbocycles. The van der Waals surface area contributed by atoms with E-state index in [1.165, 1.54) is 0 Å². The summed E-state index contributed by atoms with van der Waals surface area (Å²) >= 11 is 0. The van der Waals surface area contributed by atoms with Crippen molar-refractivity contribution in [3.8, 4) is 0 Å². The van der Waals surface area contributed by atoms with Crippen molar-refractivity contribution in [3.05, 3.63) is 48.0 Å². The van der Waals surface area contributed by atoms with E-state index in [4.69, 9.17) is 9.79 Å². The van der Waals surface area contributed by atoms with Gasteiger partial charge in [0, 0.05) is 0 Å². The van der Waals surface area contributed by atoms with Crippen molar-refractivity contribution in [2.75, 3.05) is 6.61 Å². The highest BCUT2D eigenvalue weighted by Crippen LogP contribution is 2.35. The van der Waals surface area contributed by atoms with E-state index in [0.717, 1.165) is 16.3 Å². The Bertz CT molecular complexity index is 561. The lowest BCUT2D eigenvalue weighted by molar-refractivity contribution is 0.199. The first-order chi connectivity index (χ1) is 8.04. The molecule has 0 aliphatic carbocycles. The topological polar surface area (TPSA) is 66.8 Å². The number of rotatable bonds is 4. The third kappa shape index (κ3) is 3.65. The Balaban J connectivity index is 2.07. The van der Waals surface area contributed by atoms with E-state index < -0.39 is 7.82 Å². The molecular formula is C12H13O4P. The van der Waals surface area contributed by atoms with E-state index >= 15 is 0 Å². The lowest BCUT2D eigenvalue weighted by atomic mass is 10.1. The highest BCUT2D eigenvalue weighted by molar-refractivity contribution is 7.46. The Morgan fingerprint density at radius 2 is 1.76 bits per heavy atom. The van der Waals surface area contributed by atoms with Crippen LogP contribution in [0.1, 0.15) is 5.56 Å². The molecule has 5 heteroatoms. The maximum atomic E-state index is 10.5. The van der Waals surface area contributed by atoms with Crippen LogP contribution in [0.3, 0.4) is 0 Å². The van der Waals surface area contributed by atoms with Crippen molar-refractivity contribution in [1.82, 2.24) is 0 Å². The van der Waals surface area contributed by atoms with Crippen LogP contribution in [0.25, 0.3) is 10.8 Å². The smallest absolute Gasteiger partial charge is 0.303 e. The van der Waals surface area contributed by atoms with E-state index in [-0.39, 0.29) is 6.61 Å². The van der Waals surface area contributed by atoms with Crippen molar-refractivity contribution in [2.45, 2.75) is 6.42 Å². The van der Waals surface area contributed by atoms with Crippen LogP contribution in [0, 0.1) is 0 Å². The molecule has 0 heterocycles. The zero-order valence-corrected chi connectivity index (χ0v) is 10.0. The van der Waals surface area contributed by atoms with Gasteiger partial charge in [0.2, 0.25) is 0 Å². The molecule has 2 aromatic carbocycles. The molecule has 90 valence electrons. The minimum absolute atomic E-state index is 0.0165. The van der Waals surface area contributed by atoms with Gasteiger partial charge < -0.3 is 9.79 Å². The molecule has 0 atom stereocenters. The van der Waals surface area contributed by atoms with Crippen LogP contribution in [-0.2, 0) is 15.5 Å². The fourth-order valence-electron chi connectivity index (χ4n) is 1.68. The molecule has 2 rings (SSSR count). The minimum atomic E-state index is -4.35. The Labute approximate surface area is 99.1 Å². The Morgan fingerprint density at radius 3 is 2.47 bits per heavy atom. The van der Waals surface area contributed by atoms with Crippen LogP contribution in [0.2, 0.25) is 0 Å². The number of hydrogen-bond acceptors (Lipinski definition) is 2. The van der Waals surface area contributed by atoms with Crippen molar-refractivity contribution in [1.29, 1.82) is 0 Å². The standard InChI is InChI=1S/C12H13O4P/c13-17(14,15)16-8-7-10-5-6-11-3-1-2-4-12(11)9-10/h1-6,9H,7-8H2,(H2,13,14,15). The SMILES string of the molecule is O=P(O)(O)OCCc1ccc2ccccc2c1. The normalized spacial score (nSPS) is 11.9. The van der Waals surface area contributed by atoms with Gasteiger partial charge in [-0.1, -0.05) is 42.5 Å². The summed E-state index contributed by atoms with van der Waals surface area (Å²) in [5.41, 5.74) is 0.997. The minimum Gasteiger partial charge on any atom is -0.303 e. The molecule has 0 radical (unpaired) electrons. The second-order valence-electron chi connectivity index (χ2n) is 3.76. The summed E-state index contributed by atoms with van der Waals surface area (Å²) in [5, 5.41) is 2.26. The van der Waals surface area contributed by atoms with Crippen LogP contribution in [0.5, 0.6) is 0 Å². The lowest BCUT2D eigenvalue weighted by Gasteiger charge is -2.06. The summed E-state index contributed by atoms with van der Waals surface area (Å²) in [6.45, 7) is 0.0165. The van der Waals surface area contributed by atoms with E-state index in [1.807, 2.05) is 42.5 Å². The molecule has 17 heavy (non-hydrogen) atoms. The summed E-state index contributed by atoms with van der Waals surface area (Å²) in [6, 6.07) is 13.9. The van der Waals surface area contributed by atoms with Crippen molar-refractivity contribution in [3.63, 3.8) is 0 Å². The first kappa shape index (κ1) is 12.3. The van der Waals surface area contributed by atoms with Gasteiger partial charge in [0.15, 0.2) is 0 Å². The van der Waals surface area contributed by atoms with Gasteiger partial charge in [-0.2, -0.15) is 0 Å². The molecule has 0 aromatic heterocycles. The molecule has 2 N–H and O–H groups in total. The molecule has 0 aliphatic rings.